The van der Waals surface area contributed by atoms with Crippen LogP contribution in [-0.2, 0) is 11.3 Å². The van der Waals surface area contributed by atoms with Gasteiger partial charge in [-0.25, -0.2) is 0 Å². The Morgan fingerprint density at radius 3 is 2.68 bits per heavy atom. The number of carbonyl (C=O) groups excluding carboxylic acids is 1. The molecule has 1 aliphatic heterocycles. The minimum absolute atomic E-state index is 0. The highest BCUT2D eigenvalue weighted by Gasteiger charge is 2.24. The Morgan fingerprint density at radius 1 is 1.42 bits per heavy atom. The molecule has 5 heteroatoms. The average Bonchev–Trinajstić information content (AvgIpc) is 2.46. The van der Waals surface area contributed by atoms with E-state index in [1.165, 1.54) is 0 Å². The normalized spacial score (nSPS) is 18.8. The Kier molecular flexibility index (Phi) is 6.28. The molecule has 19 heavy (non-hydrogen) atoms. The first kappa shape index (κ1) is 16.0. The van der Waals surface area contributed by atoms with Crippen LogP contribution in [0.4, 0.5) is 0 Å². The van der Waals surface area contributed by atoms with Gasteiger partial charge in [0.1, 0.15) is 0 Å². The van der Waals surface area contributed by atoms with Crippen LogP contribution < -0.4 is 5.73 Å². The number of amides is 1. The van der Waals surface area contributed by atoms with Crippen molar-refractivity contribution in [3.05, 3.63) is 35.4 Å². The number of piperidine rings is 1. The van der Waals surface area contributed by atoms with Crippen molar-refractivity contribution in [1.29, 1.82) is 0 Å². The molecule has 0 aliphatic carbocycles. The SMILES string of the molecule is COC1CCCN(C(=O)c2ccc(CN)cc2)C1.Cl. The van der Waals surface area contributed by atoms with Crippen molar-refractivity contribution in [2.24, 2.45) is 5.73 Å². The maximum Gasteiger partial charge on any atom is 0.253 e. The predicted octanol–water partition coefficient (Wildman–Crippen LogP) is 1.82. The van der Waals surface area contributed by atoms with E-state index in [9.17, 15) is 4.79 Å². The van der Waals surface area contributed by atoms with E-state index in [0.29, 0.717) is 13.1 Å². The Hall–Kier alpha value is -1.10. The predicted molar refractivity (Wildman–Crippen MR) is 77.5 cm³/mol. The molecule has 1 aliphatic rings. The van der Waals surface area contributed by atoms with Crippen molar-refractivity contribution in [2.45, 2.75) is 25.5 Å². The van der Waals surface area contributed by atoms with Crippen molar-refractivity contribution in [2.75, 3.05) is 20.2 Å². The molecule has 1 amide bonds. The lowest BCUT2D eigenvalue weighted by atomic mass is 10.1. The lowest BCUT2D eigenvalue weighted by Gasteiger charge is -2.32. The van der Waals surface area contributed by atoms with E-state index < -0.39 is 0 Å². The maximum atomic E-state index is 12.3. The lowest BCUT2D eigenvalue weighted by Crippen LogP contribution is -2.42. The van der Waals surface area contributed by atoms with Crippen LogP contribution in [0.1, 0.15) is 28.8 Å². The summed E-state index contributed by atoms with van der Waals surface area (Å²) in [5.74, 6) is 0.0836. The number of hydrogen-bond acceptors (Lipinski definition) is 3. The summed E-state index contributed by atoms with van der Waals surface area (Å²) in [6.45, 7) is 2.01. The second-order valence-electron chi connectivity index (χ2n) is 4.65. The molecule has 0 bridgehead atoms. The molecular weight excluding hydrogens is 264 g/mol. The summed E-state index contributed by atoms with van der Waals surface area (Å²) in [6.07, 6.45) is 2.21. The monoisotopic (exact) mass is 284 g/mol. The molecule has 0 radical (unpaired) electrons. The molecule has 0 saturated carbocycles. The molecule has 1 heterocycles. The lowest BCUT2D eigenvalue weighted by molar-refractivity contribution is 0.0269. The molecule has 1 atom stereocenters. The van der Waals surface area contributed by atoms with Gasteiger partial charge in [0.25, 0.3) is 5.91 Å². The summed E-state index contributed by atoms with van der Waals surface area (Å²) in [7, 11) is 1.70. The number of benzene rings is 1. The molecule has 0 spiro atoms. The van der Waals surface area contributed by atoms with E-state index in [0.717, 1.165) is 30.5 Å². The van der Waals surface area contributed by atoms with Crippen LogP contribution >= 0.6 is 12.4 Å². The quantitative estimate of drug-likeness (QED) is 0.921. The van der Waals surface area contributed by atoms with Crippen molar-refractivity contribution in [1.82, 2.24) is 4.90 Å². The van der Waals surface area contributed by atoms with Gasteiger partial charge in [-0.05, 0) is 30.5 Å². The van der Waals surface area contributed by atoms with E-state index in [1.807, 2.05) is 29.2 Å². The first-order valence-corrected chi connectivity index (χ1v) is 6.35. The van der Waals surface area contributed by atoms with Crippen molar-refractivity contribution in [3.63, 3.8) is 0 Å². The highest BCUT2D eigenvalue weighted by molar-refractivity contribution is 5.94. The third kappa shape index (κ3) is 3.93. The number of rotatable bonds is 3. The molecule has 4 nitrogen and oxygen atoms in total. The van der Waals surface area contributed by atoms with Crippen LogP contribution in [0.15, 0.2) is 24.3 Å². The smallest absolute Gasteiger partial charge is 0.253 e. The third-order valence-electron chi connectivity index (χ3n) is 3.44. The Labute approximate surface area is 120 Å². The van der Waals surface area contributed by atoms with Gasteiger partial charge in [0.2, 0.25) is 0 Å². The zero-order valence-electron chi connectivity index (χ0n) is 11.2. The van der Waals surface area contributed by atoms with Gasteiger partial charge in [0.05, 0.1) is 6.10 Å². The molecule has 1 aromatic rings. The van der Waals surface area contributed by atoms with E-state index >= 15 is 0 Å². The number of nitrogens with zero attached hydrogens (tertiary/aromatic N) is 1. The second kappa shape index (κ2) is 7.48. The number of ether oxygens (including phenoxy) is 1. The minimum atomic E-state index is 0. The van der Waals surface area contributed by atoms with Gasteiger partial charge in [0.15, 0.2) is 0 Å². The summed E-state index contributed by atoms with van der Waals surface area (Å²) in [6, 6.07) is 7.51. The van der Waals surface area contributed by atoms with Crippen LogP contribution in [0.2, 0.25) is 0 Å². The van der Waals surface area contributed by atoms with Gasteiger partial charge in [-0.15, -0.1) is 12.4 Å². The molecular formula is C14H21ClN2O2. The Bertz CT molecular complexity index is 408. The summed E-state index contributed by atoms with van der Waals surface area (Å²) in [5, 5.41) is 0. The molecule has 1 unspecified atom stereocenters. The Balaban J connectivity index is 0.00000180. The number of likely N-dealkylation sites (tertiary alicyclic amines) is 1. The number of methoxy groups -OCH3 is 1. The molecule has 1 saturated heterocycles. The van der Waals surface area contributed by atoms with Gasteiger partial charge in [-0.3, -0.25) is 4.79 Å². The zero-order valence-corrected chi connectivity index (χ0v) is 12.0. The molecule has 1 fully saturated rings. The molecule has 1 aromatic carbocycles. The van der Waals surface area contributed by atoms with Crippen LogP contribution in [0.25, 0.3) is 0 Å². The number of carbonyl (C=O) groups is 1. The van der Waals surface area contributed by atoms with E-state index in [2.05, 4.69) is 0 Å². The first-order chi connectivity index (χ1) is 8.74. The highest BCUT2D eigenvalue weighted by atomic mass is 35.5. The van der Waals surface area contributed by atoms with Crippen molar-refractivity contribution >= 4 is 18.3 Å². The molecule has 2 rings (SSSR count). The van der Waals surface area contributed by atoms with Crippen LogP contribution in [0.3, 0.4) is 0 Å². The molecule has 0 aromatic heterocycles. The van der Waals surface area contributed by atoms with E-state index in [4.69, 9.17) is 10.5 Å². The average molecular weight is 285 g/mol. The summed E-state index contributed by atoms with van der Waals surface area (Å²) < 4.78 is 5.33. The zero-order chi connectivity index (χ0) is 13.0. The van der Waals surface area contributed by atoms with Gasteiger partial charge < -0.3 is 15.4 Å². The standard InChI is InChI=1S/C14H20N2O2.ClH/c1-18-13-3-2-8-16(10-13)14(17)12-6-4-11(9-15)5-7-12;/h4-7,13H,2-3,8-10,15H2,1H3;1H. The summed E-state index contributed by atoms with van der Waals surface area (Å²) in [5.41, 5.74) is 7.31. The van der Waals surface area contributed by atoms with Crippen LogP contribution in [0.5, 0.6) is 0 Å². The number of nitrogens with two attached hydrogens (primary N) is 1. The van der Waals surface area contributed by atoms with E-state index in [1.54, 1.807) is 7.11 Å². The van der Waals surface area contributed by atoms with Crippen LogP contribution in [0, 0.1) is 0 Å². The van der Waals surface area contributed by atoms with E-state index in [-0.39, 0.29) is 24.4 Å². The summed E-state index contributed by atoms with van der Waals surface area (Å²) >= 11 is 0. The minimum Gasteiger partial charge on any atom is -0.380 e. The largest absolute Gasteiger partial charge is 0.380 e. The number of hydrogen-bond donors (Lipinski definition) is 1. The fourth-order valence-corrected chi connectivity index (χ4v) is 2.28. The van der Waals surface area contributed by atoms with Gasteiger partial charge in [-0.1, -0.05) is 12.1 Å². The van der Waals surface area contributed by atoms with Crippen LogP contribution in [-0.4, -0.2) is 37.1 Å². The number of halogens is 1. The fourth-order valence-electron chi connectivity index (χ4n) is 2.28. The maximum absolute atomic E-state index is 12.3. The third-order valence-corrected chi connectivity index (χ3v) is 3.44. The highest BCUT2D eigenvalue weighted by Crippen LogP contribution is 2.16. The van der Waals surface area contributed by atoms with Gasteiger partial charge in [0, 0.05) is 32.3 Å². The van der Waals surface area contributed by atoms with Gasteiger partial charge in [-0.2, -0.15) is 0 Å². The fraction of sp³-hybridized carbons (Fsp3) is 0.500. The van der Waals surface area contributed by atoms with Gasteiger partial charge >= 0.3 is 0 Å². The molecule has 106 valence electrons. The molecule has 2 N–H and O–H groups in total. The summed E-state index contributed by atoms with van der Waals surface area (Å²) in [4.78, 5) is 14.2. The van der Waals surface area contributed by atoms with Crippen molar-refractivity contribution in [3.8, 4) is 0 Å². The van der Waals surface area contributed by atoms with Crippen molar-refractivity contribution < 1.29 is 9.53 Å². The topological polar surface area (TPSA) is 55.6 Å². The first-order valence-electron chi connectivity index (χ1n) is 6.35. The Morgan fingerprint density at radius 2 is 2.11 bits per heavy atom. The second-order valence-corrected chi connectivity index (χ2v) is 4.65.